The minimum Gasteiger partial charge on any atom is -0.378 e. The predicted octanol–water partition coefficient (Wildman–Crippen LogP) is 2.85. The van der Waals surface area contributed by atoms with Gasteiger partial charge in [0.1, 0.15) is 0 Å². The van der Waals surface area contributed by atoms with E-state index in [9.17, 15) is 0 Å². The lowest BCUT2D eigenvalue weighted by Gasteiger charge is -2.24. The molecular weight excluding hydrogens is 136 g/mol. The number of hydrogen-bond acceptors (Lipinski definition) is 1. The Morgan fingerprint density at radius 3 is 2.36 bits per heavy atom. The molecule has 66 valence electrons. The summed E-state index contributed by atoms with van der Waals surface area (Å²) < 4.78 is 5.64. The Kier molecular flexibility index (Phi) is 2.58. The number of ether oxygens (including phenoxy) is 1. The maximum absolute atomic E-state index is 5.64. The predicted molar refractivity (Wildman–Crippen MR) is 47.6 cm³/mol. The van der Waals surface area contributed by atoms with Crippen molar-refractivity contribution in [3.05, 3.63) is 0 Å². The Balaban J connectivity index is 2.37. The molecule has 1 fully saturated rings. The summed E-state index contributed by atoms with van der Waals surface area (Å²) in [6.45, 7) is 10.1. The van der Waals surface area contributed by atoms with Crippen LogP contribution in [-0.2, 0) is 4.74 Å². The molecule has 2 atom stereocenters. The standard InChI is InChI=1S/C10H20O/c1-8-5-6-11-9(8)7-10(2,3)4/h8-9H,5-7H2,1-4H3/t8-,9+/m1/s1. The highest BCUT2D eigenvalue weighted by Gasteiger charge is 2.28. The van der Waals surface area contributed by atoms with Gasteiger partial charge in [-0.15, -0.1) is 0 Å². The third kappa shape index (κ3) is 2.82. The lowest BCUT2D eigenvalue weighted by molar-refractivity contribution is 0.0595. The van der Waals surface area contributed by atoms with Crippen LogP contribution in [0.2, 0.25) is 0 Å². The van der Waals surface area contributed by atoms with E-state index < -0.39 is 0 Å². The molecule has 0 unspecified atom stereocenters. The minimum atomic E-state index is 0.420. The van der Waals surface area contributed by atoms with Crippen LogP contribution in [0.5, 0.6) is 0 Å². The van der Waals surface area contributed by atoms with Crippen molar-refractivity contribution in [3.8, 4) is 0 Å². The van der Waals surface area contributed by atoms with Gasteiger partial charge in [0.15, 0.2) is 0 Å². The van der Waals surface area contributed by atoms with Crippen LogP contribution in [0, 0.1) is 11.3 Å². The van der Waals surface area contributed by atoms with E-state index in [4.69, 9.17) is 4.74 Å². The molecule has 0 aromatic heterocycles. The van der Waals surface area contributed by atoms with Crippen molar-refractivity contribution in [2.24, 2.45) is 11.3 Å². The van der Waals surface area contributed by atoms with Gasteiger partial charge in [-0.05, 0) is 24.2 Å². The van der Waals surface area contributed by atoms with E-state index in [1.165, 1.54) is 12.8 Å². The van der Waals surface area contributed by atoms with Crippen LogP contribution in [-0.4, -0.2) is 12.7 Å². The zero-order valence-corrected chi connectivity index (χ0v) is 8.18. The molecule has 0 saturated carbocycles. The Bertz CT molecular complexity index is 123. The van der Waals surface area contributed by atoms with Gasteiger partial charge in [0.2, 0.25) is 0 Å². The molecule has 0 bridgehead atoms. The average Bonchev–Trinajstić information content (AvgIpc) is 2.12. The van der Waals surface area contributed by atoms with Gasteiger partial charge in [0.25, 0.3) is 0 Å². The van der Waals surface area contributed by atoms with E-state index in [1.807, 2.05) is 0 Å². The van der Waals surface area contributed by atoms with Gasteiger partial charge >= 0.3 is 0 Å². The molecule has 1 aliphatic heterocycles. The second-order valence-corrected chi connectivity index (χ2v) is 4.94. The fraction of sp³-hybridized carbons (Fsp3) is 1.00. The summed E-state index contributed by atoms with van der Waals surface area (Å²) in [7, 11) is 0. The van der Waals surface area contributed by atoms with E-state index >= 15 is 0 Å². The summed E-state index contributed by atoms with van der Waals surface area (Å²) in [5.74, 6) is 0.772. The Hall–Kier alpha value is -0.0400. The van der Waals surface area contributed by atoms with Gasteiger partial charge in [-0.1, -0.05) is 27.7 Å². The van der Waals surface area contributed by atoms with E-state index in [0.717, 1.165) is 12.5 Å². The first-order valence-electron chi connectivity index (χ1n) is 4.61. The first-order valence-corrected chi connectivity index (χ1v) is 4.61. The second kappa shape index (κ2) is 3.14. The van der Waals surface area contributed by atoms with Crippen molar-refractivity contribution in [1.29, 1.82) is 0 Å². The van der Waals surface area contributed by atoms with Gasteiger partial charge in [-0.25, -0.2) is 0 Å². The fourth-order valence-electron chi connectivity index (χ4n) is 1.62. The van der Waals surface area contributed by atoms with Crippen LogP contribution in [0.4, 0.5) is 0 Å². The summed E-state index contributed by atoms with van der Waals surface area (Å²) in [5, 5.41) is 0. The Morgan fingerprint density at radius 2 is 2.00 bits per heavy atom. The lowest BCUT2D eigenvalue weighted by Crippen LogP contribution is -2.21. The lowest BCUT2D eigenvalue weighted by atomic mass is 9.85. The summed E-state index contributed by atoms with van der Waals surface area (Å²) in [6.07, 6.45) is 2.98. The Morgan fingerprint density at radius 1 is 1.36 bits per heavy atom. The summed E-state index contributed by atoms with van der Waals surface area (Å²) in [5.41, 5.74) is 0.420. The maximum Gasteiger partial charge on any atom is 0.0606 e. The first kappa shape index (κ1) is 9.05. The molecule has 0 amide bonds. The van der Waals surface area contributed by atoms with Crippen LogP contribution in [0.15, 0.2) is 0 Å². The SMILES string of the molecule is C[C@@H]1CCO[C@H]1CC(C)(C)C. The smallest absolute Gasteiger partial charge is 0.0606 e. The monoisotopic (exact) mass is 156 g/mol. The molecule has 1 aliphatic rings. The van der Waals surface area contributed by atoms with E-state index in [2.05, 4.69) is 27.7 Å². The minimum absolute atomic E-state index is 0.420. The molecule has 0 aromatic carbocycles. The van der Waals surface area contributed by atoms with Crippen LogP contribution < -0.4 is 0 Å². The molecule has 1 nitrogen and oxygen atoms in total. The molecule has 1 rings (SSSR count). The topological polar surface area (TPSA) is 9.23 Å². The summed E-state index contributed by atoms with van der Waals surface area (Å²) in [6, 6.07) is 0. The third-order valence-corrected chi connectivity index (χ3v) is 2.35. The summed E-state index contributed by atoms with van der Waals surface area (Å²) >= 11 is 0. The molecule has 0 aromatic rings. The highest BCUT2D eigenvalue weighted by molar-refractivity contribution is 4.77. The molecule has 11 heavy (non-hydrogen) atoms. The van der Waals surface area contributed by atoms with E-state index in [0.29, 0.717) is 11.5 Å². The average molecular weight is 156 g/mol. The van der Waals surface area contributed by atoms with E-state index in [1.54, 1.807) is 0 Å². The number of rotatable bonds is 1. The molecule has 0 N–H and O–H groups in total. The first-order chi connectivity index (χ1) is 4.99. The molecule has 0 radical (unpaired) electrons. The largest absolute Gasteiger partial charge is 0.378 e. The number of hydrogen-bond donors (Lipinski definition) is 0. The van der Waals surface area contributed by atoms with Gasteiger partial charge in [0, 0.05) is 6.61 Å². The van der Waals surface area contributed by atoms with Crippen molar-refractivity contribution in [3.63, 3.8) is 0 Å². The fourth-order valence-corrected chi connectivity index (χ4v) is 1.62. The molecule has 0 spiro atoms. The highest BCUT2D eigenvalue weighted by Crippen LogP contribution is 2.30. The third-order valence-electron chi connectivity index (χ3n) is 2.35. The zero-order chi connectivity index (χ0) is 8.48. The normalized spacial score (nSPS) is 32.7. The van der Waals surface area contributed by atoms with Crippen LogP contribution in [0.3, 0.4) is 0 Å². The van der Waals surface area contributed by atoms with E-state index in [-0.39, 0.29) is 0 Å². The molecular formula is C10H20O. The molecule has 1 saturated heterocycles. The van der Waals surface area contributed by atoms with Crippen LogP contribution >= 0.6 is 0 Å². The highest BCUT2D eigenvalue weighted by atomic mass is 16.5. The molecule has 0 aliphatic carbocycles. The van der Waals surface area contributed by atoms with Gasteiger partial charge in [-0.3, -0.25) is 0 Å². The van der Waals surface area contributed by atoms with Crippen LogP contribution in [0.1, 0.15) is 40.5 Å². The van der Waals surface area contributed by atoms with Crippen molar-refractivity contribution in [2.75, 3.05) is 6.61 Å². The summed E-state index contributed by atoms with van der Waals surface area (Å²) in [4.78, 5) is 0. The second-order valence-electron chi connectivity index (χ2n) is 4.94. The van der Waals surface area contributed by atoms with Crippen molar-refractivity contribution in [1.82, 2.24) is 0 Å². The van der Waals surface area contributed by atoms with Gasteiger partial charge in [0.05, 0.1) is 6.10 Å². The van der Waals surface area contributed by atoms with Crippen molar-refractivity contribution < 1.29 is 4.74 Å². The maximum atomic E-state index is 5.64. The quantitative estimate of drug-likeness (QED) is 0.567. The van der Waals surface area contributed by atoms with Gasteiger partial charge < -0.3 is 4.74 Å². The van der Waals surface area contributed by atoms with Gasteiger partial charge in [-0.2, -0.15) is 0 Å². The van der Waals surface area contributed by atoms with Crippen LogP contribution in [0.25, 0.3) is 0 Å². The van der Waals surface area contributed by atoms with Crippen molar-refractivity contribution in [2.45, 2.75) is 46.6 Å². The molecule has 1 heterocycles. The zero-order valence-electron chi connectivity index (χ0n) is 8.18. The molecule has 1 heteroatoms. The Labute approximate surface area is 70.1 Å². The van der Waals surface area contributed by atoms with Crippen molar-refractivity contribution >= 4 is 0 Å².